The van der Waals surface area contributed by atoms with Gasteiger partial charge in [-0.15, -0.1) is 0 Å². The minimum absolute atomic E-state index is 0.296. The van der Waals surface area contributed by atoms with Crippen LogP contribution in [-0.4, -0.2) is 38.6 Å². The minimum atomic E-state index is -0.601. The van der Waals surface area contributed by atoms with Crippen molar-refractivity contribution in [2.24, 2.45) is 0 Å². The number of ether oxygens (including phenoxy) is 3. The summed E-state index contributed by atoms with van der Waals surface area (Å²) in [5.74, 6) is -0.854. The van der Waals surface area contributed by atoms with Crippen molar-refractivity contribution >= 4 is 29.2 Å². The van der Waals surface area contributed by atoms with E-state index in [0.29, 0.717) is 34.9 Å². The molecule has 2 aromatic rings. The Morgan fingerprint density at radius 2 is 1.53 bits per heavy atom. The molecular formula is C22H24N2O6. The van der Waals surface area contributed by atoms with Crippen LogP contribution in [0.3, 0.4) is 0 Å². The summed E-state index contributed by atoms with van der Waals surface area (Å²) in [6, 6.07) is 11.7. The van der Waals surface area contributed by atoms with E-state index in [0.717, 1.165) is 0 Å². The number of hydrogen-bond donors (Lipinski definition) is 2. The second-order valence-electron chi connectivity index (χ2n) is 6.04. The molecule has 0 radical (unpaired) electrons. The van der Waals surface area contributed by atoms with E-state index in [9.17, 15) is 14.4 Å². The van der Waals surface area contributed by atoms with E-state index in [2.05, 4.69) is 10.6 Å². The SMILES string of the molecule is CC/C=C/C(=O)OCC(=O)Nc1cc(OC)c(NC(=O)c2ccccc2)cc1OC. The van der Waals surface area contributed by atoms with E-state index in [1.165, 1.54) is 32.4 Å². The van der Waals surface area contributed by atoms with E-state index in [1.807, 2.05) is 13.0 Å². The molecule has 0 aliphatic rings. The van der Waals surface area contributed by atoms with Crippen molar-refractivity contribution in [3.05, 3.63) is 60.2 Å². The number of esters is 1. The highest BCUT2D eigenvalue weighted by molar-refractivity contribution is 6.05. The van der Waals surface area contributed by atoms with E-state index >= 15 is 0 Å². The molecule has 30 heavy (non-hydrogen) atoms. The van der Waals surface area contributed by atoms with Crippen LogP contribution in [-0.2, 0) is 14.3 Å². The third-order valence-corrected chi connectivity index (χ3v) is 3.92. The topological polar surface area (TPSA) is 103 Å². The Morgan fingerprint density at radius 1 is 0.933 bits per heavy atom. The van der Waals surface area contributed by atoms with E-state index in [-0.39, 0.29) is 5.91 Å². The number of benzene rings is 2. The average molecular weight is 412 g/mol. The molecule has 2 N–H and O–H groups in total. The van der Waals surface area contributed by atoms with Crippen LogP contribution in [0.15, 0.2) is 54.6 Å². The van der Waals surface area contributed by atoms with Crippen LogP contribution >= 0.6 is 0 Å². The second-order valence-corrected chi connectivity index (χ2v) is 6.04. The minimum Gasteiger partial charge on any atom is -0.494 e. The molecule has 158 valence electrons. The molecule has 0 heterocycles. The van der Waals surface area contributed by atoms with Gasteiger partial charge in [-0.25, -0.2) is 4.79 Å². The molecular weight excluding hydrogens is 388 g/mol. The monoisotopic (exact) mass is 412 g/mol. The quantitative estimate of drug-likeness (QED) is 0.483. The molecule has 0 fully saturated rings. The number of anilines is 2. The smallest absolute Gasteiger partial charge is 0.330 e. The maximum absolute atomic E-state index is 12.4. The van der Waals surface area contributed by atoms with Crippen LogP contribution in [0.4, 0.5) is 11.4 Å². The predicted molar refractivity (Wildman–Crippen MR) is 113 cm³/mol. The number of carbonyl (C=O) groups is 3. The Labute approximate surface area is 174 Å². The normalized spacial score (nSPS) is 10.4. The highest BCUT2D eigenvalue weighted by atomic mass is 16.5. The molecule has 0 aliphatic carbocycles. The van der Waals surface area contributed by atoms with Gasteiger partial charge < -0.3 is 24.8 Å². The van der Waals surface area contributed by atoms with Gasteiger partial charge in [0, 0.05) is 23.8 Å². The highest BCUT2D eigenvalue weighted by Gasteiger charge is 2.16. The van der Waals surface area contributed by atoms with Crippen molar-refractivity contribution in [3.63, 3.8) is 0 Å². The van der Waals surface area contributed by atoms with E-state index < -0.39 is 18.5 Å². The lowest BCUT2D eigenvalue weighted by Crippen LogP contribution is -2.20. The zero-order chi connectivity index (χ0) is 21.9. The third-order valence-electron chi connectivity index (χ3n) is 3.92. The van der Waals surface area contributed by atoms with Crippen LogP contribution in [0.5, 0.6) is 11.5 Å². The molecule has 8 heteroatoms. The number of hydrogen-bond acceptors (Lipinski definition) is 6. The fourth-order valence-electron chi connectivity index (χ4n) is 2.46. The number of carbonyl (C=O) groups excluding carboxylic acids is 3. The van der Waals surface area contributed by atoms with Gasteiger partial charge in [0.2, 0.25) is 0 Å². The van der Waals surface area contributed by atoms with Gasteiger partial charge in [0.25, 0.3) is 11.8 Å². The van der Waals surface area contributed by atoms with Crippen LogP contribution in [0.2, 0.25) is 0 Å². The fourth-order valence-corrected chi connectivity index (χ4v) is 2.46. The molecule has 2 amide bonds. The van der Waals surface area contributed by atoms with Crippen molar-refractivity contribution < 1.29 is 28.6 Å². The lowest BCUT2D eigenvalue weighted by Gasteiger charge is -2.16. The summed E-state index contributed by atoms with van der Waals surface area (Å²) in [5.41, 5.74) is 1.16. The molecule has 0 aromatic heterocycles. The van der Waals surface area contributed by atoms with Crippen molar-refractivity contribution in [3.8, 4) is 11.5 Å². The lowest BCUT2D eigenvalue weighted by atomic mass is 10.2. The van der Waals surface area contributed by atoms with Gasteiger partial charge >= 0.3 is 5.97 Å². The van der Waals surface area contributed by atoms with Crippen LogP contribution in [0.25, 0.3) is 0 Å². The molecule has 0 spiro atoms. The number of amides is 2. The van der Waals surface area contributed by atoms with Crippen molar-refractivity contribution in [2.75, 3.05) is 31.5 Å². The van der Waals surface area contributed by atoms with Gasteiger partial charge in [0.05, 0.1) is 25.6 Å². The molecule has 0 unspecified atom stereocenters. The maximum Gasteiger partial charge on any atom is 0.330 e. The maximum atomic E-state index is 12.4. The molecule has 0 aliphatic heterocycles. The standard InChI is InChI=1S/C22H24N2O6/c1-4-5-11-21(26)30-14-20(25)23-16-12-19(29-3)17(13-18(16)28-2)24-22(27)15-9-7-6-8-10-15/h5-13H,4,14H2,1-3H3,(H,23,25)(H,24,27)/b11-5+. The fraction of sp³-hybridized carbons (Fsp3) is 0.227. The van der Waals surface area contributed by atoms with Gasteiger partial charge in [-0.2, -0.15) is 0 Å². The van der Waals surface area contributed by atoms with Crippen LogP contribution in [0, 0.1) is 0 Å². The van der Waals surface area contributed by atoms with Gasteiger partial charge in [-0.1, -0.05) is 31.2 Å². The second kappa shape index (κ2) is 11.3. The highest BCUT2D eigenvalue weighted by Crippen LogP contribution is 2.36. The van der Waals surface area contributed by atoms with Crippen molar-refractivity contribution in [1.29, 1.82) is 0 Å². The molecule has 2 aromatic carbocycles. The number of allylic oxidation sites excluding steroid dienone is 1. The predicted octanol–water partition coefficient (Wildman–Crippen LogP) is 3.40. The first kappa shape index (κ1) is 22.5. The van der Waals surface area contributed by atoms with Gasteiger partial charge in [-0.3, -0.25) is 9.59 Å². The average Bonchev–Trinajstić information content (AvgIpc) is 2.77. The first-order valence-corrected chi connectivity index (χ1v) is 9.24. The first-order valence-electron chi connectivity index (χ1n) is 9.24. The summed E-state index contributed by atoms with van der Waals surface area (Å²) in [5, 5.41) is 5.36. The zero-order valence-corrected chi connectivity index (χ0v) is 17.1. The summed E-state index contributed by atoms with van der Waals surface area (Å²) >= 11 is 0. The Bertz CT molecular complexity index is 925. The molecule has 0 saturated carbocycles. The Hall–Kier alpha value is -3.81. The van der Waals surface area contributed by atoms with Crippen molar-refractivity contribution in [1.82, 2.24) is 0 Å². The summed E-state index contributed by atoms with van der Waals surface area (Å²) in [7, 11) is 2.86. The lowest BCUT2D eigenvalue weighted by molar-refractivity contribution is -0.142. The molecule has 0 saturated heterocycles. The number of rotatable bonds is 9. The molecule has 0 bridgehead atoms. The number of methoxy groups -OCH3 is 2. The summed E-state index contributed by atoms with van der Waals surface area (Å²) < 4.78 is 15.5. The molecule has 2 rings (SSSR count). The molecule has 0 atom stereocenters. The Morgan fingerprint density at radius 3 is 2.10 bits per heavy atom. The zero-order valence-electron chi connectivity index (χ0n) is 17.1. The molecule has 8 nitrogen and oxygen atoms in total. The van der Waals surface area contributed by atoms with Crippen molar-refractivity contribution in [2.45, 2.75) is 13.3 Å². The van der Waals surface area contributed by atoms with Crippen LogP contribution < -0.4 is 20.1 Å². The Balaban J connectivity index is 2.14. The third kappa shape index (κ3) is 6.37. The summed E-state index contributed by atoms with van der Waals surface area (Å²) in [4.78, 5) is 36.0. The van der Waals surface area contributed by atoms with Gasteiger partial charge in [0.15, 0.2) is 6.61 Å². The van der Waals surface area contributed by atoms with Gasteiger partial charge in [-0.05, 0) is 18.6 Å². The largest absolute Gasteiger partial charge is 0.494 e. The van der Waals surface area contributed by atoms with E-state index in [1.54, 1.807) is 30.3 Å². The number of nitrogens with one attached hydrogen (secondary N) is 2. The van der Waals surface area contributed by atoms with Crippen LogP contribution in [0.1, 0.15) is 23.7 Å². The van der Waals surface area contributed by atoms with Gasteiger partial charge in [0.1, 0.15) is 11.5 Å². The summed E-state index contributed by atoms with van der Waals surface area (Å²) in [6.45, 7) is 1.42. The first-order chi connectivity index (χ1) is 14.5. The Kier molecular flexibility index (Phi) is 8.43. The summed E-state index contributed by atoms with van der Waals surface area (Å²) in [6.07, 6.45) is 3.59. The van der Waals surface area contributed by atoms with E-state index in [4.69, 9.17) is 14.2 Å².